The summed E-state index contributed by atoms with van der Waals surface area (Å²) in [6, 6.07) is 9.64. The highest BCUT2D eigenvalue weighted by atomic mass is 127. The molecule has 0 spiro atoms. The maximum atomic E-state index is 6.10. The van der Waals surface area contributed by atoms with Crippen molar-refractivity contribution < 1.29 is 0 Å². The van der Waals surface area contributed by atoms with Gasteiger partial charge in [-0.3, -0.25) is 4.98 Å². The smallest absolute Gasteiger partial charge is 0.192 e. The van der Waals surface area contributed by atoms with Gasteiger partial charge in [-0.1, -0.05) is 35.3 Å². The average Bonchev–Trinajstić information content (AvgIpc) is 2.56. The first-order chi connectivity index (χ1) is 11.5. The molecule has 0 saturated carbocycles. The number of pyridine rings is 1. The third-order valence-electron chi connectivity index (χ3n) is 3.65. The van der Waals surface area contributed by atoms with Crippen LogP contribution in [0, 0.1) is 6.92 Å². The van der Waals surface area contributed by atoms with Crippen molar-refractivity contribution in [2.24, 2.45) is 4.99 Å². The van der Waals surface area contributed by atoms with Gasteiger partial charge in [-0.2, -0.15) is 0 Å². The minimum Gasteiger partial charge on any atom is -0.357 e. The molecule has 0 bridgehead atoms. The molecule has 0 aliphatic carbocycles. The van der Waals surface area contributed by atoms with Crippen LogP contribution in [-0.4, -0.2) is 17.5 Å². The number of nitrogens with one attached hydrogen (secondary N) is 2. The number of guanidine groups is 1. The number of nitrogens with zero attached hydrogens (tertiary/aromatic N) is 2. The Morgan fingerprint density at radius 1 is 1.24 bits per heavy atom. The molecular formula is C18H23Cl2IN4. The summed E-state index contributed by atoms with van der Waals surface area (Å²) in [7, 11) is 0. The summed E-state index contributed by atoms with van der Waals surface area (Å²) < 4.78 is 0. The SMILES string of the molecule is CCNC(=NCc1ncccc1C)NC(C)c1ccc(Cl)c(Cl)c1.I. The van der Waals surface area contributed by atoms with Gasteiger partial charge in [0, 0.05) is 12.7 Å². The number of hydrogen-bond acceptors (Lipinski definition) is 2. The van der Waals surface area contributed by atoms with Gasteiger partial charge in [0.15, 0.2) is 5.96 Å². The van der Waals surface area contributed by atoms with Crippen LogP contribution in [0.1, 0.15) is 36.7 Å². The van der Waals surface area contributed by atoms with Crippen molar-refractivity contribution in [1.29, 1.82) is 0 Å². The Bertz CT molecular complexity index is 722. The van der Waals surface area contributed by atoms with E-state index in [0.717, 1.165) is 29.3 Å². The molecule has 1 aromatic carbocycles. The van der Waals surface area contributed by atoms with Crippen molar-refractivity contribution >= 4 is 53.1 Å². The molecule has 1 atom stereocenters. The molecule has 0 fully saturated rings. The van der Waals surface area contributed by atoms with Gasteiger partial charge in [0.25, 0.3) is 0 Å². The molecule has 7 heteroatoms. The number of rotatable bonds is 5. The molecule has 1 unspecified atom stereocenters. The fourth-order valence-corrected chi connectivity index (χ4v) is 2.53. The van der Waals surface area contributed by atoms with E-state index in [1.165, 1.54) is 0 Å². The van der Waals surface area contributed by atoms with Crippen LogP contribution in [0.25, 0.3) is 0 Å². The van der Waals surface area contributed by atoms with Gasteiger partial charge in [-0.15, -0.1) is 24.0 Å². The van der Waals surface area contributed by atoms with Crippen LogP contribution in [0.3, 0.4) is 0 Å². The number of benzene rings is 1. The summed E-state index contributed by atoms with van der Waals surface area (Å²) in [5.41, 5.74) is 3.15. The van der Waals surface area contributed by atoms with Crippen LogP contribution in [0.4, 0.5) is 0 Å². The average molecular weight is 493 g/mol. The molecule has 2 N–H and O–H groups in total. The Balaban J connectivity index is 0.00000312. The standard InChI is InChI=1S/C18H22Cl2N4.HI/c1-4-21-18(23-11-17-12(2)6-5-9-22-17)24-13(3)14-7-8-15(19)16(20)10-14;/h5-10,13H,4,11H2,1-3H3,(H2,21,23,24);1H. The second-order valence-electron chi connectivity index (χ2n) is 5.50. The van der Waals surface area contributed by atoms with E-state index in [4.69, 9.17) is 23.2 Å². The minimum absolute atomic E-state index is 0. The molecule has 0 amide bonds. The first-order valence-corrected chi connectivity index (χ1v) is 8.67. The predicted molar refractivity (Wildman–Crippen MR) is 117 cm³/mol. The molecule has 0 aliphatic heterocycles. The quantitative estimate of drug-likeness (QED) is 0.345. The van der Waals surface area contributed by atoms with Crippen LogP contribution in [-0.2, 0) is 6.54 Å². The molecule has 25 heavy (non-hydrogen) atoms. The van der Waals surface area contributed by atoms with Gasteiger partial charge >= 0.3 is 0 Å². The van der Waals surface area contributed by atoms with Crippen molar-refractivity contribution in [3.8, 4) is 0 Å². The first-order valence-electron chi connectivity index (χ1n) is 7.91. The monoisotopic (exact) mass is 492 g/mol. The number of aryl methyl sites for hydroxylation is 1. The minimum atomic E-state index is 0. The topological polar surface area (TPSA) is 49.3 Å². The van der Waals surface area contributed by atoms with Crippen molar-refractivity contribution in [1.82, 2.24) is 15.6 Å². The molecule has 0 saturated heterocycles. The lowest BCUT2D eigenvalue weighted by molar-refractivity contribution is 0.685. The van der Waals surface area contributed by atoms with Crippen molar-refractivity contribution in [3.05, 3.63) is 63.4 Å². The summed E-state index contributed by atoms with van der Waals surface area (Å²) in [5, 5.41) is 7.74. The zero-order valence-corrected chi connectivity index (χ0v) is 18.4. The normalized spacial score (nSPS) is 12.3. The van der Waals surface area contributed by atoms with E-state index in [0.29, 0.717) is 16.6 Å². The van der Waals surface area contributed by atoms with Crippen molar-refractivity contribution in [2.75, 3.05) is 6.54 Å². The highest BCUT2D eigenvalue weighted by molar-refractivity contribution is 14.0. The lowest BCUT2D eigenvalue weighted by atomic mass is 10.1. The lowest BCUT2D eigenvalue weighted by Gasteiger charge is -2.18. The summed E-state index contributed by atoms with van der Waals surface area (Å²) in [6.45, 7) is 7.43. The number of aliphatic imine (C=N–C) groups is 1. The van der Waals surface area contributed by atoms with Crippen LogP contribution in [0.5, 0.6) is 0 Å². The van der Waals surface area contributed by atoms with Gasteiger partial charge < -0.3 is 10.6 Å². The van der Waals surface area contributed by atoms with Gasteiger partial charge in [0.1, 0.15) is 0 Å². The summed E-state index contributed by atoms with van der Waals surface area (Å²) in [6.07, 6.45) is 1.79. The highest BCUT2D eigenvalue weighted by Gasteiger charge is 2.10. The van der Waals surface area contributed by atoms with Crippen molar-refractivity contribution in [2.45, 2.75) is 33.4 Å². The van der Waals surface area contributed by atoms with Gasteiger partial charge in [0.05, 0.1) is 28.3 Å². The Labute approximate surface area is 176 Å². The molecule has 2 aromatic rings. The zero-order valence-electron chi connectivity index (χ0n) is 14.5. The fourth-order valence-electron chi connectivity index (χ4n) is 2.23. The second kappa shape index (κ2) is 10.8. The molecule has 136 valence electrons. The summed E-state index contributed by atoms with van der Waals surface area (Å²) >= 11 is 12.1. The number of hydrogen-bond donors (Lipinski definition) is 2. The third kappa shape index (κ3) is 6.64. The van der Waals surface area contributed by atoms with Crippen LogP contribution >= 0.6 is 47.2 Å². The Kier molecular flexibility index (Phi) is 9.53. The fraction of sp³-hybridized carbons (Fsp3) is 0.333. The van der Waals surface area contributed by atoms with Gasteiger partial charge in [-0.25, -0.2) is 4.99 Å². The number of aromatic nitrogens is 1. The van der Waals surface area contributed by atoms with E-state index in [1.807, 2.05) is 38.1 Å². The van der Waals surface area contributed by atoms with E-state index in [1.54, 1.807) is 12.3 Å². The zero-order chi connectivity index (χ0) is 17.5. The Morgan fingerprint density at radius 3 is 2.64 bits per heavy atom. The van der Waals surface area contributed by atoms with E-state index < -0.39 is 0 Å². The molecule has 0 radical (unpaired) electrons. The van der Waals surface area contributed by atoms with E-state index in [9.17, 15) is 0 Å². The largest absolute Gasteiger partial charge is 0.357 e. The predicted octanol–water partition coefficient (Wildman–Crippen LogP) is 5.13. The highest BCUT2D eigenvalue weighted by Crippen LogP contribution is 2.25. The molecular weight excluding hydrogens is 470 g/mol. The van der Waals surface area contributed by atoms with E-state index in [-0.39, 0.29) is 30.0 Å². The molecule has 1 heterocycles. The van der Waals surface area contributed by atoms with Gasteiger partial charge in [0.2, 0.25) is 0 Å². The van der Waals surface area contributed by atoms with Gasteiger partial charge in [-0.05, 0) is 50.1 Å². The van der Waals surface area contributed by atoms with E-state index >= 15 is 0 Å². The second-order valence-corrected chi connectivity index (χ2v) is 6.32. The van der Waals surface area contributed by atoms with Crippen LogP contribution in [0.2, 0.25) is 10.0 Å². The summed E-state index contributed by atoms with van der Waals surface area (Å²) in [4.78, 5) is 9.00. The van der Waals surface area contributed by atoms with E-state index in [2.05, 4.69) is 27.5 Å². The lowest BCUT2D eigenvalue weighted by Crippen LogP contribution is -2.38. The first kappa shape index (κ1) is 22.0. The maximum absolute atomic E-state index is 6.10. The molecule has 0 aliphatic rings. The maximum Gasteiger partial charge on any atom is 0.192 e. The Morgan fingerprint density at radius 2 is 2.00 bits per heavy atom. The Hall–Kier alpha value is -1.05. The molecule has 4 nitrogen and oxygen atoms in total. The third-order valence-corrected chi connectivity index (χ3v) is 4.38. The summed E-state index contributed by atoms with van der Waals surface area (Å²) in [5.74, 6) is 0.737. The van der Waals surface area contributed by atoms with Crippen LogP contribution in [0.15, 0.2) is 41.5 Å². The molecule has 2 rings (SSSR count). The molecule has 1 aromatic heterocycles. The number of halogens is 3. The van der Waals surface area contributed by atoms with Crippen molar-refractivity contribution in [3.63, 3.8) is 0 Å². The van der Waals surface area contributed by atoms with Crippen LogP contribution < -0.4 is 10.6 Å².